The van der Waals surface area contributed by atoms with Crippen molar-refractivity contribution >= 4 is 23.4 Å². The van der Waals surface area contributed by atoms with E-state index in [-0.39, 0.29) is 0 Å². The predicted octanol–water partition coefficient (Wildman–Crippen LogP) is 1.37. The number of nitrogens with zero attached hydrogens (tertiary/aromatic N) is 3. The van der Waals surface area contributed by atoms with Crippen LogP contribution in [0.2, 0.25) is 0 Å². The maximum atomic E-state index is 4.44. The Bertz CT molecular complexity index is 354. The quantitative estimate of drug-likeness (QED) is 0.812. The van der Waals surface area contributed by atoms with E-state index in [4.69, 9.17) is 0 Å². The van der Waals surface area contributed by atoms with Crippen LogP contribution in [-0.2, 0) is 0 Å². The van der Waals surface area contributed by atoms with Crippen molar-refractivity contribution in [2.24, 2.45) is 0 Å². The van der Waals surface area contributed by atoms with Gasteiger partial charge in [-0.15, -0.1) is 0 Å². The second-order valence-corrected chi connectivity index (χ2v) is 5.43. The third kappa shape index (κ3) is 4.34. The highest BCUT2D eigenvalue weighted by Gasteiger charge is 2.09. The van der Waals surface area contributed by atoms with E-state index in [1.807, 2.05) is 11.8 Å². The van der Waals surface area contributed by atoms with E-state index < -0.39 is 0 Å². The van der Waals surface area contributed by atoms with Crippen LogP contribution >= 0.6 is 11.8 Å². The summed E-state index contributed by atoms with van der Waals surface area (Å²) in [5, 5.41) is 6.49. The van der Waals surface area contributed by atoms with Crippen LogP contribution in [0.25, 0.3) is 0 Å². The second kappa shape index (κ2) is 7.43. The Morgan fingerprint density at radius 2 is 1.94 bits per heavy atom. The van der Waals surface area contributed by atoms with Gasteiger partial charge in [-0.25, -0.2) is 4.98 Å². The van der Waals surface area contributed by atoms with Crippen molar-refractivity contribution < 1.29 is 0 Å². The molecule has 6 heteroatoms. The zero-order valence-electron chi connectivity index (χ0n) is 10.9. The first-order chi connectivity index (χ1) is 8.88. The van der Waals surface area contributed by atoms with Crippen LogP contribution in [0.3, 0.4) is 0 Å². The Balaban J connectivity index is 1.73. The first kappa shape index (κ1) is 13.4. The Kier molecular flexibility index (Phi) is 5.54. The van der Waals surface area contributed by atoms with E-state index in [0.717, 1.165) is 31.3 Å². The van der Waals surface area contributed by atoms with Gasteiger partial charge in [0.15, 0.2) is 0 Å². The van der Waals surface area contributed by atoms with E-state index in [1.54, 1.807) is 12.4 Å². The molecule has 5 nitrogen and oxygen atoms in total. The average Bonchev–Trinajstić information content (AvgIpc) is 2.41. The molecule has 0 radical (unpaired) electrons. The maximum absolute atomic E-state index is 4.44. The summed E-state index contributed by atoms with van der Waals surface area (Å²) in [6.07, 6.45) is 3.52. The minimum Gasteiger partial charge on any atom is -0.369 e. The SMILES string of the molecule is CCNc1cncc(NCCN2CCSCC2)n1. The lowest BCUT2D eigenvalue weighted by Gasteiger charge is -2.26. The maximum Gasteiger partial charge on any atom is 0.147 e. The van der Waals surface area contributed by atoms with E-state index in [0.29, 0.717) is 0 Å². The van der Waals surface area contributed by atoms with Crippen LogP contribution in [0.4, 0.5) is 11.6 Å². The first-order valence-electron chi connectivity index (χ1n) is 6.48. The summed E-state index contributed by atoms with van der Waals surface area (Å²) in [6.45, 7) is 7.33. The van der Waals surface area contributed by atoms with Gasteiger partial charge in [-0.05, 0) is 6.92 Å². The zero-order chi connectivity index (χ0) is 12.6. The van der Waals surface area contributed by atoms with Crippen LogP contribution in [-0.4, -0.2) is 59.1 Å². The van der Waals surface area contributed by atoms with Crippen molar-refractivity contribution in [3.8, 4) is 0 Å². The molecule has 2 heterocycles. The van der Waals surface area contributed by atoms with Gasteiger partial charge in [0.2, 0.25) is 0 Å². The first-order valence-corrected chi connectivity index (χ1v) is 7.64. The fourth-order valence-electron chi connectivity index (χ4n) is 1.88. The third-order valence-corrected chi connectivity index (χ3v) is 3.77. The van der Waals surface area contributed by atoms with Crippen molar-refractivity contribution in [2.45, 2.75) is 6.92 Å². The van der Waals surface area contributed by atoms with Gasteiger partial charge >= 0.3 is 0 Å². The lowest BCUT2D eigenvalue weighted by Crippen LogP contribution is -2.36. The summed E-state index contributed by atoms with van der Waals surface area (Å²) in [6, 6.07) is 0. The Labute approximate surface area is 113 Å². The predicted molar refractivity (Wildman–Crippen MR) is 78.5 cm³/mol. The van der Waals surface area contributed by atoms with E-state index in [2.05, 4.69) is 32.4 Å². The van der Waals surface area contributed by atoms with Gasteiger partial charge in [0.1, 0.15) is 11.6 Å². The van der Waals surface area contributed by atoms with E-state index >= 15 is 0 Å². The highest BCUT2D eigenvalue weighted by atomic mass is 32.2. The normalized spacial score (nSPS) is 16.5. The molecule has 1 aliphatic heterocycles. The molecule has 0 saturated carbocycles. The summed E-state index contributed by atoms with van der Waals surface area (Å²) in [7, 11) is 0. The lowest BCUT2D eigenvalue weighted by molar-refractivity contribution is 0.314. The number of aromatic nitrogens is 2. The fraction of sp³-hybridized carbons (Fsp3) is 0.667. The molecule has 1 saturated heterocycles. The molecule has 0 aromatic carbocycles. The van der Waals surface area contributed by atoms with Gasteiger partial charge in [-0.3, -0.25) is 9.88 Å². The molecule has 0 bridgehead atoms. The minimum atomic E-state index is 0.830. The molecule has 0 spiro atoms. The smallest absolute Gasteiger partial charge is 0.147 e. The summed E-state index contributed by atoms with van der Waals surface area (Å²) in [5.74, 6) is 4.20. The van der Waals surface area contributed by atoms with Crippen molar-refractivity contribution in [3.63, 3.8) is 0 Å². The van der Waals surface area contributed by atoms with Crippen molar-refractivity contribution in [1.29, 1.82) is 0 Å². The Hall–Kier alpha value is -1.01. The molecular weight excluding hydrogens is 246 g/mol. The zero-order valence-corrected chi connectivity index (χ0v) is 11.7. The van der Waals surface area contributed by atoms with Crippen LogP contribution < -0.4 is 10.6 Å². The molecule has 2 N–H and O–H groups in total. The number of hydrogen-bond donors (Lipinski definition) is 2. The Morgan fingerprint density at radius 1 is 1.22 bits per heavy atom. The number of rotatable bonds is 6. The number of anilines is 2. The van der Waals surface area contributed by atoms with Crippen LogP contribution in [0.5, 0.6) is 0 Å². The highest BCUT2D eigenvalue weighted by molar-refractivity contribution is 7.99. The lowest BCUT2D eigenvalue weighted by atomic mass is 10.4. The molecule has 0 amide bonds. The standard InChI is InChI=1S/C12H21N5S/c1-2-14-11-9-13-10-12(16-11)15-3-4-17-5-7-18-8-6-17/h9-10H,2-8H2,1H3,(H2,14,15,16). The molecular formula is C12H21N5S. The molecule has 1 aromatic rings. The van der Waals surface area contributed by atoms with Crippen LogP contribution in [0.1, 0.15) is 6.92 Å². The molecule has 2 rings (SSSR count). The topological polar surface area (TPSA) is 53.1 Å². The number of nitrogens with one attached hydrogen (secondary N) is 2. The van der Waals surface area contributed by atoms with E-state index in [1.165, 1.54) is 24.6 Å². The fourth-order valence-corrected chi connectivity index (χ4v) is 2.86. The summed E-state index contributed by atoms with van der Waals surface area (Å²) < 4.78 is 0. The Morgan fingerprint density at radius 3 is 2.67 bits per heavy atom. The van der Waals surface area contributed by atoms with Crippen LogP contribution in [0.15, 0.2) is 12.4 Å². The van der Waals surface area contributed by atoms with E-state index in [9.17, 15) is 0 Å². The molecule has 0 atom stereocenters. The monoisotopic (exact) mass is 267 g/mol. The molecule has 18 heavy (non-hydrogen) atoms. The third-order valence-electron chi connectivity index (χ3n) is 2.83. The van der Waals surface area contributed by atoms with Gasteiger partial charge in [0.05, 0.1) is 12.4 Å². The number of thioether (sulfide) groups is 1. The molecule has 0 unspecified atom stereocenters. The summed E-state index contributed by atoms with van der Waals surface area (Å²) in [5.41, 5.74) is 0. The number of hydrogen-bond acceptors (Lipinski definition) is 6. The molecule has 0 aliphatic carbocycles. The second-order valence-electron chi connectivity index (χ2n) is 4.20. The largest absolute Gasteiger partial charge is 0.369 e. The highest BCUT2D eigenvalue weighted by Crippen LogP contribution is 2.09. The van der Waals surface area contributed by atoms with Crippen molar-refractivity contribution in [1.82, 2.24) is 14.9 Å². The molecule has 100 valence electrons. The van der Waals surface area contributed by atoms with Gasteiger partial charge in [-0.1, -0.05) is 0 Å². The summed E-state index contributed by atoms with van der Waals surface area (Å²) >= 11 is 2.04. The molecule has 1 aliphatic rings. The van der Waals surface area contributed by atoms with Gasteiger partial charge < -0.3 is 10.6 Å². The van der Waals surface area contributed by atoms with Gasteiger partial charge in [0, 0.05) is 44.2 Å². The molecule has 1 aromatic heterocycles. The van der Waals surface area contributed by atoms with Crippen molar-refractivity contribution in [2.75, 3.05) is 54.9 Å². The summed E-state index contributed by atoms with van der Waals surface area (Å²) in [4.78, 5) is 11.1. The minimum absolute atomic E-state index is 0.830. The van der Waals surface area contributed by atoms with Crippen LogP contribution in [0, 0.1) is 0 Å². The van der Waals surface area contributed by atoms with Gasteiger partial charge in [0.25, 0.3) is 0 Å². The average molecular weight is 267 g/mol. The molecule has 1 fully saturated rings. The van der Waals surface area contributed by atoms with Gasteiger partial charge in [-0.2, -0.15) is 11.8 Å². The van der Waals surface area contributed by atoms with Crippen molar-refractivity contribution in [3.05, 3.63) is 12.4 Å².